The summed E-state index contributed by atoms with van der Waals surface area (Å²) in [7, 11) is 0. The van der Waals surface area contributed by atoms with Gasteiger partial charge >= 0.3 is 11.9 Å². The Balaban J connectivity index is 1.96. The van der Waals surface area contributed by atoms with Gasteiger partial charge in [-0.15, -0.1) is 0 Å². The van der Waals surface area contributed by atoms with E-state index in [0.717, 1.165) is 0 Å². The van der Waals surface area contributed by atoms with Crippen LogP contribution >= 0.6 is 0 Å². The molecule has 0 aliphatic carbocycles. The van der Waals surface area contributed by atoms with E-state index in [2.05, 4.69) is 10.1 Å². The minimum atomic E-state index is -1.13. The van der Waals surface area contributed by atoms with E-state index in [9.17, 15) is 14.4 Å². The lowest BCUT2D eigenvalue weighted by molar-refractivity contribution is -0.143. The van der Waals surface area contributed by atoms with E-state index >= 15 is 0 Å². The molecule has 0 radical (unpaired) electrons. The fourth-order valence-electron chi connectivity index (χ4n) is 1.50. The molecule has 0 fully saturated rings. The third-order valence-electron chi connectivity index (χ3n) is 2.50. The SMILES string of the molecule is O=C(O)COCC(=O)NCCOCCOC(=O)c1ccccc1. The number of carbonyl (C=O) groups excluding carboxylic acids is 2. The smallest absolute Gasteiger partial charge is 0.338 e. The lowest BCUT2D eigenvalue weighted by Gasteiger charge is -2.07. The lowest BCUT2D eigenvalue weighted by Crippen LogP contribution is -2.31. The molecular formula is C15H19NO7. The number of carboxylic acids is 1. The Bertz CT molecular complexity index is 504. The van der Waals surface area contributed by atoms with E-state index in [1.807, 2.05) is 0 Å². The molecule has 0 aliphatic heterocycles. The summed E-state index contributed by atoms with van der Waals surface area (Å²) in [5, 5.41) is 10.8. The third kappa shape index (κ3) is 9.22. The van der Waals surface area contributed by atoms with Crippen molar-refractivity contribution < 1.29 is 33.7 Å². The molecule has 1 aromatic carbocycles. The Kier molecular flexibility index (Phi) is 9.03. The molecule has 1 rings (SSSR count). The van der Waals surface area contributed by atoms with E-state index in [0.29, 0.717) is 5.56 Å². The molecule has 0 saturated heterocycles. The van der Waals surface area contributed by atoms with Gasteiger partial charge in [-0.05, 0) is 12.1 Å². The summed E-state index contributed by atoms with van der Waals surface area (Å²) >= 11 is 0. The first-order valence-corrected chi connectivity index (χ1v) is 6.95. The molecule has 1 aromatic rings. The second-order valence-corrected chi connectivity index (χ2v) is 4.35. The van der Waals surface area contributed by atoms with Crippen LogP contribution in [-0.2, 0) is 23.8 Å². The lowest BCUT2D eigenvalue weighted by atomic mass is 10.2. The average Bonchev–Trinajstić information content (AvgIpc) is 2.54. The van der Waals surface area contributed by atoms with E-state index in [1.54, 1.807) is 30.3 Å². The highest BCUT2D eigenvalue weighted by atomic mass is 16.6. The van der Waals surface area contributed by atoms with Crippen LogP contribution in [0.4, 0.5) is 0 Å². The summed E-state index contributed by atoms with van der Waals surface area (Å²) < 4.78 is 14.8. The molecule has 0 unspecified atom stereocenters. The van der Waals surface area contributed by atoms with Gasteiger partial charge in [0.25, 0.3) is 0 Å². The summed E-state index contributed by atoms with van der Waals surface area (Å²) in [6.07, 6.45) is 0. The topological polar surface area (TPSA) is 111 Å². The summed E-state index contributed by atoms with van der Waals surface area (Å²) in [6, 6.07) is 8.61. The average molecular weight is 325 g/mol. The zero-order valence-electron chi connectivity index (χ0n) is 12.5. The van der Waals surface area contributed by atoms with Gasteiger partial charge in [0.2, 0.25) is 5.91 Å². The third-order valence-corrected chi connectivity index (χ3v) is 2.50. The molecular weight excluding hydrogens is 306 g/mol. The normalized spacial score (nSPS) is 10.1. The molecule has 23 heavy (non-hydrogen) atoms. The molecule has 0 aliphatic rings. The Morgan fingerprint density at radius 2 is 1.70 bits per heavy atom. The fraction of sp³-hybridized carbons (Fsp3) is 0.400. The van der Waals surface area contributed by atoms with Crippen LogP contribution in [0.5, 0.6) is 0 Å². The highest BCUT2D eigenvalue weighted by Gasteiger charge is 2.05. The number of nitrogens with one attached hydrogen (secondary N) is 1. The minimum absolute atomic E-state index is 0.114. The molecule has 0 heterocycles. The second-order valence-electron chi connectivity index (χ2n) is 4.35. The molecule has 0 bridgehead atoms. The molecule has 1 amide bonds. The number of ether oxygens (including phenoxy) is 3. The molecule has 8 heteroatoms. The van der Waals surface area contributed by atoms with Crippen molar-refractivity contribution in [2.45, 2.75) is 0 Å². The molecule has 0 saturated carbocycles. The van der Waals surface area contributed by atoms with Crippen LogP contribution in [0.25, 0.3) is 0 Å². The minimum Gasteiger partial charge on any atom is -0.480 e. The van der Waals surface area contributed by atoms with Crippen molar-refractivity contribution in [2.24, 2.45) is 0 Å². The van der Waals surface area contributed by atoms with Gasteiger partial charge in [-0.25, -0.2) is 9.59 Å². The van der Waals surface area contributed by atoms with Gasteiger partial charge in [-0.2, -0.15) is 0 Å². The van der Waals surface area contributed by atoms with E-state index in [-0.39, 0.29) is 33.0 Å². The Morgan fingerprint density at radius 1 is 0.957 bits per heavy atom. The van der Waals surface area contributed by atoms with Gasteiger partial charge in [0.05, 0.1) is 18.8 Å². The summed E-state index contributed by atoms with van der Waals surface area (Å²) in [5.41, 5.74) is 0.473. The van der Waals surface area contributed by atoms with Gasteiger partial charge in [0.15, 0.2) is 0 Å². The van der Waals surface area contributed by atoms with Crippen molar-refractivity contribution in [2.75, 3.05) is 39.6 Å². The fourth-order valence-corrected chi connectivity index (χ4v) is 1.50. The van der Waals surface area contributed by atoms with Gasteiger partial charge in [-0.3, -0.25) is 4.79 Å². The molecule has 0 atom stereocenters. The first-order chi connectivity index (χ1) is 11.1. The molecule has 0 aromatic heterocycles. The zero-order valence-corrected chi connectivity index (χ0v) is 12.5. The van der Waals surface area contributed by atoms with Crippen LogP contribution in [0.1, 0.15) is 10.4 Å². The number of amides is 1. The van der Waals surface area contributed by atoms with E-state index in [4.69, 9.17) is 14.6 Å². The highest BCUT2D eigenvalue weighted by molar-refractivity contribution is 5.89. The second kappa shape index (κ2) is 11.2. The monoisotopic (exact) mass is 325 g/mol. The van der Waals surface area contributed by atoms with Crippen molar-refractivity contribution in [3.05, 3.63) is 35.9 Å². The number of esters is 1. The number of carbonyl (C=O) groups is 3. The van der Waals surface area contributed by atoms with Crippen LogP contribution in [0.3, 0.4) is 0 Å². The first-order valence-electron chi connectivity index (χ1n) is 6.95. The summed E-state index contributed by atoms with van der Waals surface area (Å²) in [4.78, 5) is 33.0. The van der Waals surface area contributed by atoms with Gasteiger partial charge in [0.1, 0.15) is 19.8 Å². The van der Waals surface area contributed by atoms with Crippen molar-refractivity contribution in [3.8, 4) is 0 Å². The summed E-state index contributed by atoms with van der Waals surface area (Å²) in [5.74, 6) is -1.98. The Morgan fingerprint density at radius 3 is 2.39 bits per heavy atom. The maximum Gasteiger partial charge on any atom is 0.338 e. The van der Waals surface area contributed by atoms with Crippen LogP contribution in [0.15, 0.2) is 30.3 Å². The maximum atomic E-state index is 11.6. The quantitative estimate of drug-likeness (QED) is 0.438. The molecule has 126 valence electrons. The van der Waals surface area contributed by atoms with Crippen molar-refractivity contribution in [1.29, 1.82) is 0 Å². The Hall–Kier alpha value is -2.45. The molecule has 2 N–H and O–H groups in total. The maximum absolute atomic E-state index is 11.6. The number of hydrogen-bond acceptors (Lipinski definition) is 6. The predicted octanol–water partition coefficient (Wildman–Crippen LogP) is 0.0774. The molecule has 0 spiro atoms. The molecule has 8 nitrogen and oxygen atoms in total. The van der Waals surface area contributed by atoms with E-state index < -0.39 is 24.5 Å². The largest absolute Gasteiger partial charge is 0.480 e. The number of aliphatic carboxylic acids is 1. The summed E-state index contributed by atoms with van der Waals surface area (Å²) in [6.45, 7) is -0.0134. The van der Waals surface area contributed by atoms with Crippen LogP contribution < -0.4 is 5.32 Å². The number of benzene rings is 1. The Labute approximate surface area is 133 Å². The van der Waals surface area contributed by atoms with Gasteiger partial charge in [0, 0.05) is 6.54 Å². The predicted molar refractivity (Wildman–Crippen MR) is 79.0 cm³/mol. The standard InChI is InChI=1S/C15H19NO7/c17-13(10-22-11-14(18)19)16-6-7-21-8-9-23-15(20)12-4-2-1-3-5-12/h1-5H,6-11H2,(H,16,17)(H,18,19). The van der Waals surface area contributed by atoms with Gasteiger partial charge in [-0.1, -0.05) is 18.2 Å². The van der Waals surface area contributed by atoms with Crippen LogP contribution in [-0.4, -0.2) is 62.5 Å². The number of hydrogen-bond donors (Lipinski definition) is 2. The zero-order chi connectivity index (χ0) is 16.9. The van der Waals surface area contributed by atoms with Crippen molar-refractivity contribution in [1.82, 2.24) is 5.32 Å². The number of carboxylic acid groups (broad SMARTS) is 1. The van der Waals surface area contributed by atoms with Crippen molar-refractivity contribution >= 4 is 17.8 Å². The highest BCUT2D eigenvalue weighted by Crippen LogP contribution is 2.00. The van der Waals surface area contributed by atoms with Crippen LogP contribution in [0.2, 0.25) is 0 Å². The van der Waals surface area contributed by atoms with Crippen LogP contribution in [0, 0.1) is 0 Å². The number of rotatable bonds is 11. The van der Waals surface area contributed by atoms with E-state index in [1.165, 1.54) is 0 Å². The van der Waals surface area contributed by atoms with Gasteiger partial charge < -0.3 is 24.6 Å². The van der Waals surface area contributed by atoms with Crippen molar-refractivity contribution in [3.63, 3.8) is 0 Å². The first kappa shape index (κ1) is 18.6.